The van der Waals surface area contributed by atoms with Gasteiger partial charge in [-0.25, -0.2) is 0 Å². The summed E-state index contributed by atoms with van der Waals surface area (Å²) in [7, 11) is 0. The van der Waals surface area contributed by atoms with Crippen LogP contribution in [0.25, 0.3) is 89.3 Å². The standard InChI is InChI=1S/C44H30O/c1-3-31-32(4-2)42(37-24-14-13-23-36(37)41(31)35-22-12-11-21-33(35)29-17-7-5-8-18-29)44-34(30-19-9-6-10-20-30)27-28-40-43(44)38-25-15-16-26-39(38)45-40/h3-28H,1-2H2/i1D,2D,3D,4D,5D,7D,8D,13D,14D,17D,18D,23D,24D. The molecule has 0 radical (unpaired) electrons. The summed E-state index contributed by atoms with van der Waals surface area (Å²) in [5.74, 6) is 0. The fraction of sp³-hybridized carbons (Fsp3) is 0. The highest BCUT2D eigenvalue weighted by molar-refractivity contribution is 6.22. The highest BCUT2D eigenvalue weighted by atomic mass is 16.3. The lowest BCUT2D eigenvalue weighted by Gasteiger charge is -2.23. The van der Waals surface area contributed by atoms with Gasteiger partial charge in [0.2, 0.25) is 0 Å². The van der Waals surface area contributed by atoms with Crippen molar-refractivity contribution < 1.29 is 22.2 Å². The van der Waals surface area contributed by atoms with Crippen molar-refractivity contribution in [3.8, 4) is 44.5 Å². The largest absolute Gasteiger partial charge is 0.456 e. The molecule has 1 nitrogen and oxygen atoms in total. The van der Waals surface area contributed by atoms with Crippen molar-refractivity contribution in [1.82, 2.24) is 0 Å². The summed E-state index contributed by atoms with van der Waals surface area (Å²) in [4.78, 5) is 0. The van der Waals surface area contributed by atoms with Crippen LogP contribution in [-0.2, 0) is 0 Å². The highest BCUT2D eigenvalue weighted by Crippen LogP contribution is 2.50. The topological polar surface area (TPSA) is 13.1 Å². The number of furan rings is 1. The van der Waals surface area contributed by atoms with E-state index in [1.807, 2.05) is 54.6 Å². The molecule has 7 aromatic carbocycles. The zero-order chi connectivity index (χ0) is 41.3. The third-order valence-corrected chi connectivity index (χ3v) is 8.07. The molecule has 0 aliphatic carbocycles. The van der Waals surface area contributed by atoms with Crippen molar-refractivity contribution in [2.45, 2.75) is 0 Å². The third-order valence-electron chi connectivity index (χ3n) is 8.07. The zero-order valence-corrected chi connectivity index (χ0v) is 23.7. The second kappa shape index (κ2) is 11.0. The van der Waals surface area contributed by atoms with Gasteiger partial charge in [-0.05, 0) is 73.0 Å². The molecule has 0 aliphatic heterocycles. The molecule has 0 saturated heterocycles. The van der Waals surface area contributed by atoms with Gasteiger partial charge >= 0.3 is 0 Å². The predicted molar refractivity (Wildman–Crippen MR) is 193 cm³/mol. The maximum absolute atomic E-state index is 9.60. The van der Waals surface area contributed by atoms with Crippen LogP contribution in [0.1, 0.15) is 28.9 Å². The van der Waals surface area contributed by atoms with Crippen LogP contribution in [0.15, 0.2) is 163 Å². The highest BCUT2D eigenvalue weighted by Gasteiger charge is 2.25. The quantitative estimate of drug-likeness (QED) is 0.189. The molecule has 0 unspecified atom stereocenters. The average molecular weight is 588 g/mol. The first-order valence-corrected chi connectivity index (χ1v) is 14.2. The first-order chi connectivity index (χ1) is 27.8. The molecule has 0 atom stereocenters. The molecule has 0 saturated carbocycles. The van der Waals surface area contributed by atoms with Gasteiger partial charge in [0.15, 0.2) is 0 Å². The van der Waals surface area contributed by atoms with Crippen LogP contribution in [0.3, 0.4) is 0 Å². The molecule has 0 amide bonds. The van der Waals surface area contributed by atoms with E-state index in [9.17, 15) is 5.48 Å². The van der Waals surface area contributed by atoms with Crippen molar-refractivity contribution in [1.29, 1.82) is 0 Å². The van der Waals surface area contributed by atoms with Gasteiger partial charge in [-0.1, -0.05) is 158 Å². The minimum atomic E-state index is -0.609. The van der Waals surface area contributed by atoms with E-state index in [-0.39, 0.29) is 49.7 Å². The molecule has 1 heterocycles. The van der Waals surface area contributed by atoms with Gasteiger partial charge in [-0.3, -0.25) is 0 Å². The SMILES string of the molecule is [2H]C=C([2H])c1c(C([2H])=C[2H])c(-c2c(-c3ccccc3)ccc3oc4ccccc4c23)c2c([2H])c([2H])c([2H])c([2H])c2c1-c1ccccc1-c1c([2H])c([2H])c([2H])c([2H])c1[2H]. The normalized spacial score (nSPS) is 16.3. The molecule has 45 heavy (non-hydrogen) atoms. The Morgan fingerprint density at radius 2 is 1.16 bits per heavy atom. The Bertz CT molecular complexity index is 3060. The number of rotatable bonds is 6. The molecular weight excluding hydrogens is 544 g/mol. The fourth-order valence-corrected chi connectivity index (χ4v) is 6.23. The van der Waals surface area contributed by atoms with E-state index in [4.69, 9.17) is 16.8 Å². The predicted octanol–water partition coefficient (Wildman–Crippen LogP) is 12.7. The number of hydrogen-bond acceptors (Lipinski definition) is 1. The summed E-state index contributed by atoms with van der Waals surface area (Å²) >= 11 is 0. The monoisotopic (exact) mass is 587 g/mol. The minimum Gasteiger partial charge on any atom is -0.456 e. The lowest BCUT2D eigenvalue weighted by Crippen LogP contribution is -1.98. The summed E-state index contributed by atoms with van der Waals surface area (Å²) in [5.41, 5.74) is 2.46. The Labute approximate surface area is 281 Å². The molecule has 8 aromatic rings. The second-order valence-corrected chi connectivity index (χ2v) is 10.4. The Balaban J connectivity index is 1.73. The van der Waals surface area contributed by atoms with E-state index < -0.39 is 66.5 Å². The molecule has 0 spiro atoms. The van der Waals surface area contributed by atoms with Gasteiger partial charge in [0.25, 0.3) is 0 Å². The zero-order valence-electron chi connectivity index (χ0n) is 36.7. The van der Waals surface area contributed by atoms with Crippen LogP contribution in [0.4, 0.5) is 0 Å². The molecule has 1 aromatic heterocycles. The smallest absolute Gasteiger partial charge is 0.136 e. The second-order valence-electron chi connectivity index (χ2n) is 10.4. The van der Waals surface area contributed by atoms with Crippen LogP contribution in [0.5, 0.6) is 0 Å². The van der Waals surface area contributed by atoms with Gasteiger partial charge in [0.1, 0.15) is 11.2 Å². The maximum Gasteiger partial charge on any atom is 0.136 e. The van der Waals surface area contributed by atoms with E-state index in [0.29, 0.717) is 38.6 Å². The van der Waals surface area contributed by atoms with E-state index >= 15 is 0 Å². The maximum atomic E-state index is 9.60. The van der Waals surface area contributed by atoms with Crippen LogP contribution in [0, 0.1) is 0 Å². The Morgan fingerprint density at radius 1 is 0.511 bits per heavy atom. The fourth-order valence-electron chi connectivity index (χ4n) is 6.23. The Hall–Kier alpha value is -5.92. The summed E-state index contributed by atoms with van der Waals surface area (Å²) in [6, 6.07) is 20.5. The van der Waals surface area contributed by atoms with Gasteiger partial charge in [0, 0.05) is 16.3 Å². The van der Waals surface area contributed by atoms with Crippen LogP contribution >= 0.6 is 0 Å². The molecule has 1 heteroatoms. The number of para-hydroxylation sites is 1. The number of hydrogen-bond donors (Lipinski definition) is 0. The van der Waals surface area contributed by atoms with Crippen molar-refractivity contribution in [2.75, 3.05) is 0 Å². The Kier molecular flexibility index (Phi) is 3.96. The summed E-state index contributed by atoms with van der Waals surface area (Å²) in [5, 5.41) is 1.04. The van der Waals surface area contributed by atoms with Crippen LogP contribution < -0.4 is 0 Å². The minimum absolute atomic E-state index is 0.0475. The van der Waals surface area contributed by atoms with Gasteiger partial charge in [-0.2, -0.15) is 0 Å². The van der Waals surface area contributed by atoms with E-state index in [1.165, 1.54) is 6.07 Å². The van der Waals surface area contributed by atoms with E-state index in [1.54, 1.807) is 30.3 Å². The third kappa shape index (κ3) is 4.24. The van der Waals surface area contributed by atoms with Gasteiger partial charge in [-0.15, -0.1) is 0 Å². The molecule has 0 aliphatic rings. The molecule has 0 fully saturated rings. The van der Waals surface area contributed by atoms with Crippen LogP contribution in [-0.4, -0.2) is 0 Å². The van der Waals surface area contributed by atoms with Crippen molar-refractivity contribution in [3.63, 3.8) is 0 Å². The average Bonchev–Trinajstić information content (AvgIpc) is 3.64. The van der Waals surface area contributed by atoms with E-state index in [2.05, 4.69) is 0 Å². The van der Waals surface area contributed by atoms with Gasteiger partial charge in [0.05, 0.1) is 17.8 Å². The molecular formula is C44H30O. The lowest BCUT2D eigenvalue weighted by atomic mass is 9.79. The summed E-state index contributed by atoms with van der Waals surface area (Å²) < 4.78 is 122. The van der Waals surface area contributed by atoms with Crippen molar-refractivity contribution in [2.24, 2.45) is 0 Å². The summed E-state index contributed by atoms with van der Waals surface area (Å²) in [6.07, 6.45) is 0. The first-order valence-electron chi connectivity index (χ1n) is 20.9. The molecule has 8 rings (SSSR count). The number of benzene rings is 7. The lowest BCUT2D eigenvalue weighted by molar-refractivity contribution is 0.669. The van der Waals surface area contributed by atoms with Crippen LogP contribution in [0.2, 0.25) is 0 Å². The van der Waals surface area contributed by atoms with E-state index in [0.717, 1.165) is 13.1 Å². The van der Waals surface area contributed by atoms with Gasteiger partial charge < -0.3 is 4.42 Å². The molecule has 0 N–H and O–H groups in total. The summed E-state index contributed by atoms with van der Waals surface area (Å²) in [6.45, 7) is 1.50. The molecule has 212 valence electrons. The van der Waals surface area contributed by atoms with Crippen molar-refractivity contribution in [3.05, 3.63) is 170 Å². The van der Waals surface area contributed by atoms with Crippen molar-refractivity contribution >= 4 is 44.8 Å². The molecule has 0 bridgehead atoms. The first kappa shape index (κ1) is 16.2. The number of fused-ring (bicyclic) bond motifs is 4. The Morgan fingerprint density at radius 3 is 1.93 bits per heavy atom.